The van der Waals surface area contributed by atoms with Crippen molar-refractivity contribution in [1.82, 2.24) is 14.9 Å². The predicted molar refractivity (Wildman–Crippen MR) is 126 cm³/mol. The standard InChI is InChI=1S/C21H40N4S2/c1-2-3-4-5-6-7-8-9-10-11-12-13-14-15-16-17-18-22-20-23-19-25(27)21(26)24-20/h9-10,27H,2-8,11-19H2,1H3,(H2,22,23,24,26). The van der Waals surface area contributed by atoms with Gasteiger partial charge < -0.3 is 10.6 Å². The van der Waals surface area contributed by atoms with Gasteiger partial charge in [0, 0.05) is 6.54 Å². The van der Waals surface area contributed by atoms with Gasteiger partial charge in [-0.25, -0.2) is 4.99 Å². The fraction of sp³-hybridized carbons (Fsp3) is 0.810. The van der Waals surface area contributed by atoms with Gasteiger partial charge in [0.15, 0.2) is 11.1 Å². The molecule has 4 nitrogen and oxygen atoms in total. The van der Waals surface area contributed by atoms with Crippen LogP contribution in [0.4, 0.5) is 0 Å². The average molecular weight is 413 g/mol. The Labute approximate surface area is 178 Å². The number of guanidine groups is 1. The molecule has 1 rings (SSSR count). The van der Waals surface area contributed by atoms with Crippen LogP contribution in [-0.4, -0.2) is 28.6 Å². The van der Waals surface area contributed by atoms with E-state index in [1.807, 2.05) is 0 Å². The van der Waals surface area contributed by atoms with E-state index < -0.39 is 0 Å². The third-order valence-electron chi connectivity index (χ3n) is 4.80. The maximum Gasteiger partial charge on any atom is 0.199 e. The molecule has 0 amide bonds. The number of thiocarbonyl (C=S) groups is 1. The monoisotopic (exact) mass is 412 g/mol. The van der Waals surface area contributed by atoms with Crippen molar-refractivity contribution in [3.63, 3.8) is 0 Å². The van der Waals surface area contributed by atoms with E-state index in [0.29, 0.717) is 11.8 Å². The predicted octanol–water partition coefficient (Wildman–Crippen LogP) is 5.96. The normalized spacial score (nSPS) is 14.5. The van der Waals surface area contributed by atoms with E-state index >= 15 is 0 Å². The number of nitrogens with one attached hydrogen (secondary N) is 2. The summed E-state index contributed by atoms with van der Waals surface area (Å²) in [7, 11) is 0. The first-order valence-electron chi connectivity index (χ1n) is 10.9. The Hall–Kier alpha value is -0.750. The number of aliphatic imine (C=N–C) groups is 1. The zero-order valence-electron chi connectivity index (χ0n) is 17.2. The first-order valence-corrected chi connectivity index (χ1v) is 11.8. The summed E-state index contributed by atoms with van der Waals surface area (Å²) in [6, 6.07) is 0. The van der Waals surface area contributed by atoms with E-state index in [0.717, 1.165) is 12.5 Å². The minimum absolute atomic E-state index is 0.505. The third-order valence-corrected chi connectivity index (χ3v) is 5.59. The van der Waals surface area contributed by atoms with Crippen molar-refractivity contribution in [3.8, 4) is 0 Å². The van der Waals surface area contributed by atoms with Crippen LogP contribution in [-0.2, 0) is 0 Å². The van der Waals surface area contributed by atoms with Gasteiger partial charge in [0.25, 0.3) is 0 Å². The lowest BCUT2D eigenvalue weighted by Gasteiger charge is -2.24. The van der Waals surface area contributed by atoms with Gasteiger partial charge in [0.05, 0.1) is 0 Å². The summed E-state index contributed by atoms with van der Waals surface area (Å²) in [5.74, 6) is 0.776. The third kappa shape index (κ3) is 14.0. The fourth-order valence-corrected chi connectivity index (χ4v) is 3.35. The molecule has 2 N–H and O–H groups in total. The number of rotatable bonds is 16. The Morgan fingerprint density at radius 1 is 0.963 bits per heavy atom. The van der Waals surface area contributed by atoms with Crippen LogP contribution in [0.1, 0.15) is 96.8 Å². The van der Waals surface area contributed by atoms with Crippen LogP contribution in [0.2, 0.25) is 0 Å². The second-order valence-electron chi connectivity index (χ2n) is 7.34. The van der Waals surface area contributed by atoms with Crippen LogP contribution in [0.5, 0.6) is 0 Å². The number of hydrogen-bond donors (Lipinski definition) is 3. The lowest BCUT2D eigenvalue weighted by atomic mass is 10.1. The molecule has 0 aromatic carbocycles. The second-order valence-corrected chi connectivity index (χ2v) is 8.21. The molecule has 0 aromatic rings. The smallest absolute Gasteiger partial charge is 0.199 e. The molecule has 1 heterocycles. The summed E-state index contributed by atoms with van der Waals surface area (Å²) < 4.78 is 1.62. The number of thiol groups is 1. The number of allylic oxidation sites excluding steroid dienone is 2. The highest BCUT2D eigenvalue weighted by molar-refractivity contribution is 7.84. The van der Waals surface area contributed by atoms with Gasteiger partial charge in [-0.1, -0.05) is 89.7 Å². The molecule has 0 saturated carbocycles. The van der Waals surface area contributed by atoms with E-state index in [1.54, 1.807) is 4.31 Å². The van der Waals surface area contributed by atoms with Gasteiger partial charge in [-0.05, 0) is 44.3 Å². The zero-order chi connectivity index (χ0) is 19.6. The molecule has 0 atom stereocenters. The van der Waals surface area contributed by atoms with Gasteiger partial charge in [-0.2, -0.15) is 0 Å². The van der Waals surface area contributed by atoms with E-state index in [-0.39, 0.29) is 0 Å². The van der Waals surface area contributed by atoms with Gasteiger partial charge in [0.1, 0.15) is 6.67 Å². The molecule has 0 radical (unpaired) electrons. The van der Waals surface area contributed by atoms with Crippen molar-refractivity contribution in [1.29, 1.82) is 0 Å². The highest BCUT2D eigenvalue weighted by Gasteiger charge is 2.12. The Kier molecular flexibility index (Phi) is 15.6. The number of hydrogen-bond acceptors (Lipinski definition) is 4. The summed E-state index contributed by atoms with van der Waals surface area (Å²) in [6.07, 6.45) is 23.5. The maximum atomic E-state index is 5.14. The first-order chi connectivity index (χ1) is 13.2. The quantitative estimate of drug-likeness (QED) is 0.127. The van der Waals surface area contributed by atoms with Gasteiger partial charge in [-0.15, -0.1) is 0 Å². The lowest BCUT2D eigenvalue weighted by Crippen LogP contribution is -2.49. The Morgan fingerprint density at radius 2 is 1.52 bits per heavy atom. The molecular weight excluding hydrogens is 372 g/mol. The number of nitrogens with zero attached hydrogens (tertiary/aromatic N) is 2. The number of unbranched alkanes of at least 4 members (excludes halogenated alkanes) is 12. The molecular formula is C21H40N4S2. The van der Waals surface area contributed by atoms with E-state index in [2.05, 4.69) is 47.5 Å². The second kappa shape index (κ2) is 17.4. The van der Waals surface area contributed by atoms with E-state index in [9.17, 15) is 0 Å². The minimum Gasteiger partial charge on any atom is -0.356 e. The summed E-state index contributed by atoms with van der Waals surface area (Å²) in [5.41, 5.74) is 0. The van der Waals surface area contributed by atoms with E-state index in [4.69, 9.17) is 12.2 Å². The molecule has 0 fully saturated rings. The molecule has 6 heteroatoms. The van der Waals surface area contributed by atoms with Crippen LogP contribution in [0.25, 0.3) is 0 Å². The first kappa shape index (κ1) is 24.3. The lowest BCUT2D eigenvalue weighted by molar-refractivity contribution is 0.587. The molecule has 156 valence electrons. The van der Waals surface area contributed by atoms with E-state index in [1.165, 1.54) is 89.9 Å². The molecule has 27 heavy (non-hydrogen) atoms. The van der Waals surface area contributed by atoms with Gasteiger partial charge in [0.2, 0.25) is 0 Å². The summed E-state index contributed by atoms with van der Waals surface area (Å²) >= 11 is 9.33. The van der Waals surface area contributed by atoms with Crippen molar-refractivity contribution < 1.29 is 0 Å². The summed E-state index contributed by atoms with van der Waals surface area (Å²) in [5, 5.41) is 6.95. The molecule has 0 unspecified atom stereocenters. The molecule has 1 aliphatic heterocycles. The maximum absolute atomic E-state index is 5.14. The highest BCUT2D eigenvalue weighted by Crippen LogP contribution is 2.09. The van der Waals surface area contributed by atoms with Crippen LogP contribution < -0.4 is 10.6 Å². The topological polar surface area (TPSA) is 39.7 Å². The minimum atomic E-state index is 0.505. The Balaban J connectivity index is 1.79. The van der Waals surface area contributed by atoms with Crippen molar-refractivity contribution in [2.75, 3.05) is 13.2 Å². The molecule has 1 aliphatic rings. The Bertz CT molecular complexity index is 438. The Morgan fingerprint density at radius 3 is 2.11 bits per heavy atom. The van der Waals surface area contributed by atoms with Crippen LogP contribution in [0, 0.1) is 0 Å². The van der Waals surface area contributed by atoms with Crippen LogP contribution >= 0.6 is 25.0 Å². The molecule has 0 spiro atoms. The SMILES string of the molecule is CCCCCCCCC=CCCCCCCCCNC1=NCN(S)C(=S)N1. The van der Waals surface area contributed by atoms with Crippen LogP contribution in [0.3, 0.4) is 0 Å². The zero-order valence-corrected chi connectivity index (χ0v) is 18.9. The largest absolute Gasteiger partial charge is 0.356 e. The summed E-state index contributed by atoms with van der Waals surface area (Å²) in [6.45, 7) is 3.73. The van der Waals surface area contributed by atoms with Gasteiger partial charge >= 0.3 is 0 Å². The average Bonchev–Trinajstić information content (AvgIpc) is 2.67. The van der Waals surface area contributed by atoms with Crippen molar-refractivity contribution in [3.05, 3.63) is 12.2 Å². The molecule has 0 bridgehead atoms. The summed E-state index contributed by atoms with van der Waals surface area (Å²) in [4.78, 5) is 4.32. The van der Waals surface area contributed by atoms with Crippen molar-refractivity contribution in [2.24, 2.45) is 4.99 Å². The van der Waals surface area contributed by atoms with Crippen molar-refractivity contribution >= 4 is 36.1 Å². The molecule has 0 saturated heterocycles. The van der Waals surface area contributed by atoms with Crippen molar-refractivity contribution in [2.45, 2.75) is 96.8 Å². The van der Waals surface area contributed by atoms with Crippen LogP contribution in [0.15, 0.2) is 17.1 Å². The fourth-order valence-electron chi connectivity index (χ4n) is 3.09. The molecule has 0 aromatic heterocycles. The van der Waals surface area contributed by atoms with Gasteiger partial charge in [-0.3, -0.25) is 4.31 Å². The molecule has 0 aliphatic carbocycles. The highest BCUT2D eigenvalue weighted by atomic mass is 32.1.